The van der Waals surface area contributed by atoms with Gasteiger partial charge in [-0.15, -0.1) is 0 Å². The van der Waals surface area contributed by atoms with Gasteiger partial charge in [-0.1, -0.05) is 36.4 Å². The highest BCUT2D eigenvalue weighted by atomic mass is 16.3. The van der Waals surface area contributed by atoms with Crippen molar-refractivity contribution in [2.75, 3.05) is 0 Å². The number of carbonyl (C=O) groups excluding carboxylic acids is 1. The Morgan fingerprint density at radius 2 is 1.79 bits per heavy atom. The molecule has 0 aliphatic rings. The number of hydrogen-bond donors (Lipinski definition) is 1. The molecular formula is C17H16O2. The summed E-state index contributed by atoms with van der Waals surface area (Å²) in [4.78, 5) is 11.9. The maximum Gasteiger partial charge on any atom is 0.189 e. The molecule has 2 heteroatoms. The van der Waals surface area contributed by atoms with Crippen molar-refractivity contribution in [2.45, 2.75) is 13.8 Å². The van der Waals surface area contributed by atoms with Crippen molar-refractivity contribution in [1.29, 1.82) is 0 Å². The Labute approximate surface area is 113 Å². The summed E-state index contributed by atoms with van der Waals surface area (Å²) in [6, 6.07) is 12.6. The van der Waals surface area contributed by atoms with Gasteiger partial charge in [0.25, 0.3) is 0 Å². The number of phenols is 1. The van der Waals surface area contributed by atoms with Crippen molar-refractivity contribution in [2.24, 2.45) is 0 Å². The number of carbonyl (C=O) groups is 1. The van der Waals surface area contributed by atoms with Crippen molar-refractivity contribution in [3.63, 3.8) is 0 Å². The molecule has 0 spiro atoms. The first-order valence-electron chi connectivity index (χ1n) is 6.15. The third-order valence-electron chi connectivity index (χ3n) is 3.13. The van der Waals surface area contributed by atoms with Crippen LogP contribution < -0.4 is 0 Å². The summed E-state index contributed by atoms with van der Waals surface area (Å²) in [6.07, 6.45) is 3.25. The molecule has 1 N–H and O–H groups in total. The fourth-order valence-corrected chi connectivity index (χ4v) is 1.81. The van der Waals surface area contributed by atoms with Gasteiger partial charge < -0.3 is 5.11 Å². The zero-order valence-electron chi connectivity index (χ0n) is 11.1. The van der Waals surface area contributed by atoms with Gasteiger partial charge in [0.1, 0.15) is 5.75 Å². The number of para-hydroxylation sites is 1. The number of allylic oxidation sites excluding steroid dienone is 1. The average molecular weight is 252 g/mol. The van der Waals surface area contributed by atoms with Gasteiger partial charge in [0, 0.05) is 0 Å². The summed E-state index contributed by atoms with van der Waals surface area (Å²) < 4.78 is 0. The summed E-state index contributed by atoms with van der Waals surface area (Å²) in [7, 11) is 0. The second-order valence-electron chi connectivity index (χ2n) is 4.56. The number of rotatable bonds is 3. The van der Waals surface area contributed by atoms with Gasteiger partial charge in [-0.2, -0.15) is 0 Å². The Balaban J connectivity index is 2.21. The molecule has 0 aliphatic carbocycles. The second-order valence-corrected chi connectivity index (χ2v) is 4.56. The predicted octanol–water partition coefficient (Wildman–Crippen LogP) is 3.91. The Hall–Kier alpha value is -2.35. The van der Waals surface area contributed by atoms with E-state index in [0.717, 1.165) is 5.56 Å². The standard InChI is InChI=1S/C17H16O2/c1-12-7-8-14(11-13(12)2)9-10-17(19)15-5-3-4-6-16(15)18/h3-11,18H,1-2H3/b10-9+. The number of benzene rings is 2. The van der Waals surface area contributed by atoms with Crippen molar-refractivity contribution >= 4 is 11.9 Å². The molecule has 0 saturated heterocycles. The van der Waals surface area contributed by atoms with Gasteiger partial charge >= 0.3 is 0 Å². The molecule has 19 heavy (non-hydrogen) atoms. The zero-order valence-corrected chi connectivity index (χ0v) is 11.1. The van der Waals surface area contributed by atoms with Crippen LogP contribution in [0, 0.1) is 13.8 Å². The van der Waals surface area contributed by atoms with Gasteiger partial charge in [0.15, 0.2) is 5.78 Å². The summed E-state index contributed by atoms with van der Waals surface area (Å²) in [5, 5.41) is 9.60. The van der Waals surface area contributed by atoms with Crippen LogP contribution in [0.4, 0.5) is 0 Å². The topological polar surface area (TPSA) is 37.3 Å². The fraction of sp³-hybridized carbons (Fsp3) is 0.118. The van der Waals surface area contributed by atoms with Gasteiger partial charge in [-0.3, -0.25) is 4.79 Å². The van der Waals surface area contributed by atoms with Crippen LogP contribution in [0.2, 0.25) is 0 Å². The third-order valence-corrected chi connectivity index (χ3v) is 3.13. The molecule has 0 heterocycles. The Kier molecular flexibility index (Phi) is 3.81. The molecule has 0 radical (unpaired) electrons. The third kappa shape index (κ3) is 3.10. The number of hydrogen-bond acceptors (Lipinski definition) is 2. The normalized spacial score (nSPS) is 10.8. The molecule has 2 nitrogen and oxygen atoms in total. The quantitative estimate of drug-likeness (QED) is 0.664. The summed E-state index contributed by atoms with van der Waals surface area (Å²) in [5.74, 6) is -0.187. The van der Waals surface area contributed by atoms with Crippen molar-refractivity contribution in [3.05, 3.63) is 70.8 Å². The molecule has 0 aliphatic heterocycles. The minimum atomic E-state index is -0.198. The molecule has 2 rings (SSSR count). The van der Waals surface area contributed by atoms with Crippen LogP contribution in [0.5, 0.6) is 5.75 Å². The first-order valence-corrected chi connectivity index (χ1v) is 6.15. The van der Waals surface area contributed by atoms with E-state index in [1.165, 1.54) is 23.3 Å². The van der Waals surface area contributed by atoms with Crippen LogP contribution in [-0.2, 0) is 0 Å². The molecular weight excluding hydrogens is 236 g/mol. The molecule has 0 bridgehead atoms. The van der Waals surface area contributed by atoms with Crippen LogP contribution >= 0.6 is 0 Å². The number of aromatic hydroxyl groups is 1. The van der Waals surface area contributed by atoms with Gasteiger partial charge in [-0.05, 0) is 48.7 Å². The summed E-state index contributed by atoms with van der Waals surface area (Å²) in [6.45, 7) is 4.09. The Morgan fingerprint density at radius 3 is 2.47 bits per heavy atom. The van der Waals surface area contributed by atoms with Gasteiger partial charge in [0.2, 0.25) is 0 Å². The molecule has 96 valence electrons. The second kappa shape index (κ2) is 5.53. The summed E-state index contributed by atoms with van der Waals surface area (Å²) >= 11 is 0. The molecule has 2 aromatic carbocycles. The Morgan fingerprint density at radius 1 is 1.05 bits per heavy atom. The number of aryl methyl sites for hydroxylation is 2. The summed E-state index contributed by atoms with van der Waals surface area (Å²) in [5.41, 5.74) is 3.72. The van der Waals surface area contributed by atoms with Crippen molar-refractivity contribution < 1.29 is 9.90 Å². The maximum absolute atomic E-state index is 11.9. The number of phenolic OH excluding ortho intramolecular Hbond substituents is 1. The molecule has 0 atom stereocenters. The van der Waals surface area contributed by atoms with E-state index in [1.807, 2.05) is 25.1 Å². The van der Waals surface area contributed by atoms with Crippen LogP contribution in [0.25, 0.3) is 6.08 Å². The van der Waals surface area contributed by atoms with Gasteiger partial charge in [-0.25, -0.2) is 0 Å². The highest BCUT2D eigenvalue weighted by Crippen LogP contribution is 2.17. The minimum Gasteiger partial charge on any atom is -0.507 e. The molecule has 0 aromatic heterocycles. The molecule has 0 fully saturated rings. The lowest BCUT2D eigenvalue weighted by molar-refractivity contribution is 0.104. The van der Waals surface area contributed by atoms with E-state index in [2.05, 4.69) is 6.92 Å². The van der Waals surface area contributed by atoms with Crippen LogP contribution in [0.1, 0.15) is 27.0 Å². The fourth-order valence-electron chi connectivity index (χ4n) is 1.81. The van der Waals surface area contributed by atoms with E-state index in [0.29, 0.717) is 5.56 Å². The molecule has 0 amide bonds. The molecule has 2 aromatic rings. The van der Waals surface area contributed by atoms with E-state index in [9.17, 15) is 9.90 Å². The van der Waals surface area contributed by atoms with E-state index >= 15 is 0 Å². The smallest absolute Gasteiger partial charge is 0.189 e. The van der Waals surface area contributed by atoms with Crippen molar-refractivity contribution in [3.8, 4) is 5.75 Å². The molecule has 0 unspecified atom stereocenters. The van der Waals surface area contributed by atoms with Crippen LogP contribution in [0.3, 0.4) is 0 Å². The SMILES string of the molecule is Cc1ccc(/C=C/C(=O)c2ccccc2O)cc1C. The highest BCUT2D eigenvalue weighted by Gasteiger charge is 2.06. The largest absolute Gasteiger partial charge is 0.507 e. The van der Waals surface area contributed by atoms with E-state index in [4.69, 9.17) is 0 Å². The monoisotopic (exact) mass is 252 g/mol. The van der Waals surface area contributed by atoms with Crippen LogP contribution in [0.15, 0.2) is 48.5 Å². The zero-order chi connectivity index (χ0) is 13.8. The van der Waals surface area contributed by atoms with Gasteiger partial charge in [0.05, 0.1) is 5.56 Å². The number of ketones is 1. The maximum atomic E-state index is 11.9. The van der Waals surface area contributed by atoms with E-state index in [1.54, 1.807) is 24.3 Å². The minimum absolute atomic E-state index is 0.0113. The van der Waals surface area contributed by atoms with E-state index in [-0.39, 0.29) is 11.5 Å². The highest BCUT2D eigenvalue weighted by molar-refractivity contribution is 6.08. The average Bonchev–Trinajstić information content (AvgIpc) is 2.40. The Bertz CT molecular complexity index is 639. The van der Waals surface area contributed by atoms with E-state index < -0.39 is 0 Å². The lowest BCUT2D eigenvalue weighted by Gasteiger charge is -2.01. The molecule has 0 saturated carbocycles. The van der Waals surface area contributed by atoms with Crippen LogP contribution in [-0.4, -0.2) is 10.9 Å². The predicted molar refractivity (Wildman–Crippen MR) is 77.4 cm³/mol. The first-order chi connectivity index (χ1) is 9.08. The first kappa shape index (κ1) is 13.1. The lowest BCUT2D eigenvalue weighted by atomic mass is 10.0. The van der Waals surface area contributed by atoms with Crippen molar-refractivity contribution in [1.82, 2.24) is 0 Å². The lowest BCUT2D eigenvalue weighted by Crippen LogP contribution is -1.94.